The molecule has 2 aromatic rings. The topological polar surface area (TPSA) is 52.6 Å². The van der Waals surface area contributed by atoms with Gasteiger partial charge in [-0.1, -0.05) is 23.7 Å². The van der Waals surface area contributed by atoms with Gasteiger partial charge in [0.25, 0.3) is 0 Å². The number of hydrogen-bond acceptors (Lipinski definition) is 5. The van der Waals surface area contributed by atoms with Gasteiger partial charge < -0.3 is 31.9 Å². The van der Waals surface area contributed by atoms with E-state index >= 15 is 0 Å². The Labute approximate surface area is 153 Å². The zero-order valence-electron chi connectivity index (χ0n) is 13.7. The van der Waals surface area contributed by atoms with E-state index in [0.717, 1.165) is 24.2 Å². The third kappa shape index (κ3) is 6.53. The molecule has 1 aromatic carbocycles. The molecule has 0 aliphatic carbocycles. The Morgan fingerprint density at radius 1 is 1.08 bits per heavy atom. The summed E-state index contributed by atoms with van der Waals surface area (Å²) in [5, 5.41) is 3.76. The van der Waals surface area contributed by atoms with Crippen LogP contribution in [0.3, 0.4) is 0 Å². The minimum Gasteiger partial charge on any atom is -1.00 e. The normalized spacial score (nSPS) is 10.1. The fourth-order valence-corrected chi connectivity index (χ4v) is 2.11. The van der Waals surface area contributed by atoms with Crippen LogP contribution in [0.5, 0.6) is 11.5 Å². The van der Waals surface area contributed by atoms with Gasteiger partial charge in [0.1, 0.15) is 11.8 Å². The van der Waals surface area contributed by atoms with Crippen LogP contribution in [0.1, 0.15) is 11.1 Å². The quantitative estimate of drug-likeness (QED) is 0.499. The van der Waals surface area contributed by atoms with Crippen LogP contribution in [-0.2, 0) is 17.9 Å². The van der Waals surface area contributed by atoms with E-state index < -0.39 is 0 Å². The third-order valence-corrected chi connectivity index (χ3v) is 3.45. The Morgan fingerprint density at radius 3 is 2.54 bits per heavy atom. The van der Waals surface area contributed by atoms with E-state index in [9.17, 15) is 0 Å². The van der Waals surface area contributed by atoms with Crippen LogP contribution in [0.25, 0.3) is 0 Å². The Balaban J connectivity index is 0.00000288. The van der Waals surface area contributed by atoms with E-state index in [-0.39, 0.29) is 12.4 Å². The summed E-state index contributed by atoms with van der Waals surface area (Å²) < 4.78 is 16.2. The minimum atomic E-state index is 0. The van der Waals surface area contributed by atoms with Crippen molar-refractivity contribution in [1.29, 1.82) is 0 Å². The van der Waals surface area contributed by atoms with E-state index in [1.165, 1.54) is 0 Å². The van der Waals surface area contributed by atoms with Crippen LogP contribution >= 0.6 is 11.6 Å². The summed E-state index contributed by atoms with van der Waals surface area (Å²) in [6.45, 7) is 2.65. The van der Waals surface area contributed by atoms with Gasteiger partial charge in [-0.25, -0.2) is 4.98 Å². The van der Waals surface area contributed by atoms with Crippen LogP contribution in [-0.4, -0.2) is 32.4 Å². The van der Waals surface area contributed by atoms with Crippen LogP contribution in [0, 0.1) is 0 Å². The lowest BCUT2D eigenvalue weighted by atomic mass is 10.2. The van der Waals surface area contributed by atoms with E-state index in [1.54, 1.807) is 26.5 Å². The van der Waals surface area contributed by atoms with Gasteiger partial charge in [-0.2, -0.15) is 0 Å². The van der Waals surface area contributed by atoms with Crippen molar-refractivity contribution >= 4 is 11.6 Å². The first-order chi connectivity index (χ1) is 11.2. The maximum Gasteiger partial charge on any atom is 0.161 e. The Hall–Kier alpha value is -1.53. The fourth-order valence-electron chi connectivity index (χ4n) is 2.00. The van der Waals surface area contributed by atoms with E-state index in [1.807, 2.05) is 24.3 Å². The molecule has 132 valence electrons. The van der Waals surface area contributed by atoms with Crippen molar-refractivity contribution in [1.82, 2.24) is 10.3 Å². The lowest BCUT2D eigenvalue weighted by Crippen LogP contribution is -3.00. The smallest absolute Gasteiger partial charge is 0.161 e. The molecule has 0 radical (unpaired) electrons. The molecule has 0 atom stereocenters. The number of benzene rings is 1. The summed E-state index contributed by atoms with van der Waals surface area (Å²) >= 11 is 5.77. The predicted octanol–water partition coefficient (Wildman–Crippen LogP) is 0.0626. The number of hydrogen-bond donors (Lipinski definition) is 1. The molecule has 0 aliphatic rings. The molecule has 1 heterocycles. The average molecular weight is 372 g/mol. The molecule has 2 rings (SSSR count). The summed E-state index contributed by atoms with van der Waals surface area (Å²) in [6, 6.07) is 9.52. The number of halogens is 2. The van der Waals surface area contributed by atoms with Gasteiger partial charge >= 0.3 is 0 Å². The number of ether oxygens (including phenoxy) is 3. The average Bonchev–Trinajstić information content (AvgIpc) is 2.58. The van der Waals surface area contributed by atoms with Crippen molar-refractivity contribution in [2.24, 2.45) is 0 Å². The second-order valence-corrected chi connectivity index (χ2v) is 5.32. The molecule has 0 bridgehead atoms. The molecule has 0 amide bonds. The second-order valence-electron chi connectivity index (χ2n) is 4.93. The number of pyridine rings is 1. The Bertz CT molecular complexity index is 609. The minimum absolute atomic E-state index is 0. The SMILES string of the molecule is COCCNCc1ccc(OCc2ccc(Cl)nc2)c(OC)c1.[Cl-]. The molecule has 5 nitrogen and oxygen atoms in total. The van der Waals surface area contributed by atoms with Crippen molar-refractivity contribution in [3.8, 4) is 11.5 Å². The molecule has 0 unspecified atom stereocenters. The number of methoxy groups -OCH3 is 2. The second kappa shape index (κ2) is 11.1. The number of nitrogens with zero attached hydrogens (tertiary/aromatic N) is 1. The predicted molar refractivity (Wildman–Crippen MR) is 90.2 cm³/mol. The van der Waals surface area contributed by atoms with Crippen molar-refractivity contribution in [2.75, 3.05) is 27.4 Å². The van der Waals surface area contributed by atoms with Gasteiger partial charge in [0.15, 0.2) is 11.5 Å². The van der Waals surface area contributed by atoms with Gasteiger partial charge in [0.2, 0.25) is 0 Å². The molecule has 7 heteroatoms. The lowest BCUT2D eigenvalue weighted by molar-refractivity contribution is -0.00000564. The van der Waals surface area contributed by atoms with Crippen LogP contribution in [0.2, 0.25) is 5.15 Å². The maximum atomic E-state index is 5.80. The first-order valence-electron chi connectivity index (χ1n) is 7.32. The third-order valence-electron chi connectivity index (χ3n) is 3.22. The van der Waals surface area contributed by atoms with Gasteiger partial charge in [-0.3, -0.25) is 0 Å². The zero-order chi connectivity index (χ0) is 16.5. The molecule has 24 heavy (non-hydrogen) atoms. The molecule has 0 spiro atoms. The molecule has 0 aliphatic heterocycles. The van der Waals surface area contributed by atoms with Gasteiger partial charge in [0.05, 0.1) is 13.7 Å². The largest absolute Gasteiger partial charge is 1.00 e. The van der Waals surface area contributed by atoms with Gasteiger partial charge in [-0.05, 0) is 23.8 Å². The van der Waals surface area contributed by atoms with Crippen molar-refractivity contribution in [2.45, 2.75) is 13.2 Å². The first kappa shape index (κ1) is 20.5. The maximum absolute atomic E-state index is 5.80. The highest BCUT2D eigenvalue weighted by atomic mass is 35.5. The molecular weight excluding hydrogens is 351 g/mol. The van der Waals surface area contributed by atoms with Crippen molar-refractivity contribution in [3.63, 3.8) is 0 Å². The first-order valence-corrected chi connectivity index (χ1v) is 7.70. The fraction of sp³-hybridized carbons (Fsp3) is 0.353. The monoisotopic (exact) mass is 371 g/mol. The molecular formula is C17H21Cl2N2O3-. The molecule has 0 saturated heterocycles. The highest BCUT2D eigenvalue weighted by Crippen LogP contribution is 2.28. The highest BCUT2D eigenvalue weighted by Gasteiger charge is 2.06. The van der Waals surface area contributed by atoms with Crippen LogP contribution in [0.4, 0.5) is 0 Å². The standard InChI is InChI=1S/C17H21ClN2O3.ClH/c1-21-8-7-19-10-13-3-5-15(16(9-13)22-2)23-12-14-4-6-17(18)20-11-14;/h3-6,9,11,19H,7-8,10,12H2,1-2H3;1H/p-1. The lowest BCUT2D eigenvalue weighted by Gasteiger charge is -2.12. The molecule has 0 saturated carbocycles. The van der Waals surface area contributed by atoms with Gasteiger partial charge in [0, 0.05) is 32.0 Å². The van der Waals surface area contributed by atoms with Crippen molar-refractivity contribution < 1.29 is 26.6 Å². The summed E-state index contributed by atoms with van der Waals surface area (Å²) in [5.41, 5.74) is 2.07. The van der Waals surface area contributed by atoms with Crippen molar-refractivity contribution in [3.05, 3.63) is 52.8 Å². The Morgan fingerprint density at radius 2 is 1.88 bits per heavy atom. The van der Waals surface area contributed by atoms with E-state index in [2.05, 4.69) is 10.3 Å². The zero-order valence-corrected chi connectivity index (χ0v) is 15.2. The Kier molecular flexibility index (Phi) is 9.49. The van der Waals surface area contributed by atoms with Crippen LogP contribution in [0.15, 0.2) is 36.5 Å². The number of aromatic nitrogens is 1. The summed E-state index contributed by atoms with van der Waals surface area (Å²) in [7, 11) is 3.32. The van der Waals surface area contributed by atoms with Crippen LogP contribution < -0.4 is 27.2 Å². The number of rotatable bonds is 9. The molecule has 1 aromatic heterocycles. The van der Waals surface area contributed by atoms with Gasteiger partial charge in [-0.15, -0.1) is 0 Å². The van der Waals surface area contributed by atoms with E-state index in [4.69, 9.17) is 25.8 Å². The summed E-state index contributed by atoms with van der Waals surface area (Å²) in [6.07, 6.45) is 1.70. The summed E-state index contributed by atoms with van der Waals surface area (Å²) in [4.78, 5) is 4.03. The van der Waals surface area contributed by atoms with E-state index in [0.29, 0.717) is 29.9 Å². The number of nitrogens with one attached hydrogen (secondary N) is 1. The summed E-state index contributed by atoms with van der Waals surface area (Å²) in [5.74, 6) is 1.40. The molecule has 0 fully saturated rings. The molecule has 1 N–H and O–H groups in total. The highest BCUT2D eigenvalue weighted by molar-refractivity contribution is 6.29.